The van der Waals surface area contributed by atoms with Gasteiger partial charge in [0.1, 0.15) is 5.60 Å². The largest absolute Gasteiger partial charge is 0.265 e. The van der Waals surface area contributed by atoms with Crippen LogP contribution in [0.25, 0.3) is 6.08 Å². The van der Waals surface area contributed by atoms with Crippen molar-refractivity contribution in [3.8, 4) is 0 Å². The van der Waals surface area contributed by atoms with Crippen molar-refractivity contribution >= 4 is 16.2 Å². The Morgan fingerprint density at radius 1 is 1.35 bits per heavy atom. The predicted molar refractivity (Wildman–Crippen MR) is 67.9 cm³/mol. The number of benzene rings is 1. The maximum atomic E-state index is 11.2. The summed E-state index contributed by atoms with van der Waals surface area (Å²) in [6, 6.07) is 9.77. The maximum absolute atomic E-state index is 11.2. The molecule has 0 amide bonds. The van der Waals surface area contributed by atoms with E-state index in [4.69, 9.17) is 4.18 Å². The van der Waals surface area contributed by atoms with Gasteiger partial charge in [-0.2, -0.15) is 8.42 Å². The van der Waals surface area contributed by atoms with Crippen LogP contribution in [0.5, 0.6) is 0 Å². The van der Waals surface area contributed by atoms with Gasteiger partial charge in [-0.15, -0.1) is 0 Å². The van der Waals surface area contributed by atoms with Gasteiger partial charge in [-0.25, -0.2) is 0 Å². The molecule has 1 aliphatic rings. The molecule has 2 atom stereocenters. The van der Waals surface area contributed by atoms with Crippen LogP contribution in [0.15, 0.2) is 36.4 Å². The Labute approximate surface area is 102 Å². The normalized spacial score (nSPS) is 28.5. The summed E-state index contributed by atoms with van der Waals surface area (Å²) < 4.78 is 27.5. The van der Waals surface area contributed by atoms with Crippen molar-refractivity contribution in [1.29, 1.82) is 0 Å². The second-order valence-corrected chi connectivity index (χ2v) is 6.17. The van der Waals surface area contributed by atoms with Crippen LogP contribution in [0.3, 0.4) is 0 Å². The molecule has 1 aliphatic carbocycles. The van der Waals surface area contributed by atoms with E-state index in [-0.39, 0.29) is 5.92 Å². The Morgan fingerprint density at radius 2 is 1.94 bits per heavy atom. The molecule has 92 valence electrons. The molecule has 0 radical (unpaired) electrons. The van der Waals surface area contributed by atoms with Gasteiger partial charge in [-0.1, -0.05) is 49.4 Å². The van der Waals surface area contributed by atoms with Crippen LogP contribution in [-0.2, 0) is 14.3 Å². The zero-order valence-electron chi connectivity index (χ0n) is 9.96. The molecule has 17 heavy (non-hydrogen) atoms. The van der Waals surface area contributed by atoms with E-state index >= 15 is 0 Å². The van der Waals surface area contributed by atoms with Gasteiger partial charge in [0.2, 0.25) is 0 Å². The van der Waals surface area contributed by atoms with Crippen molar-refractivity contribution in [1.82, 2.24) is 0 Å². The van der Waals surface area contributed by atoms with Gasteiger partial charge in [0.25, 0.3) is 10.1 Å². The van der Waals surface area contributed by atoms with Gasteiger partial charge in [-0.3, -0.25) is 4.18 Å². The van der Waals surface area contributed by atoms with Crippen molar-refractivity contribution in [2.45, 2.75) is 18.9 Å². The summed E-state index contributed by atoms with van der Waals surface area (Å²) in [5, 5.41) is 0. The second kappa shape index (κ2) is 4.27. The third kappa shape index (κ3) is 3.17. The van der Waals surface area contributed by atoms with Gasteiger partial charge in [0.15, 0.2) is 0 Å². The smallest absolute Gasteiger partial charge is 0.259 e. The van der Waals surface area contributed by atoms with Crippen LogP contribution in [-0.4, -0.2) is 20.3 Å². The fourth-order valence-corrected chi connectivity index (χ4v) is 2.73. The van der Waals surface area contributed by atoms with E-state index in [2.05, 4.69) is 0 Å². The molecule has 0 saturated heterocycles. The van der Waals surface area contributed by atoms with Crippen LogP contribution in [0.1, 0.15) is 18.9 Å². The molecule has 0 unspecified atom stereocenters. The van der Waals surface area contributed by atoms with E-state index in [0.717, 1.165) is 18.2 Å². The molecule has 4 heteroatoms. The summed E-state index contributed by atoms with van der Waals surface area (Å²) >= 11 is 0. The Kier molecular flexibility index (Phi) is 3.10. The first-order chi connectivity index (χ1) is 7.91. The Bertz CT molecular complexity index is 519. The van der Waals surface area contributed by atoms with Crippen LogP contribution in [0.4, 0.5) is 0 Å². The van der Waals surface area contributed by atoms with Gasteiger partial charge in [-0.05, 0) is 17.9 Å². The molecule has 0 N–H and O–H groups in total. The molecule has 2 rings (SSSR count). The highest BCUT2D eigenvalue weighted by atomic mass is 32.2. The Balaban J connectivity index is 2.14. The van der Waals surface area contributed by atoms with E-state index < -0.39 is 15.7 Å². The van der Waals surface area contributed by atoms with E-state index in [9.17, 15) is 8.42 Å². The van der Waals surface area contributed by atoms with Crippen molar-refractivity contribution in [3.63, 3.8) is 0 Å². The molecule has 1 saturated carbocycles. The first-order valence-corrected chi connectivity index (χ1v) is 7.38. The van der Waals surface area contributed by atoms with E-state index in [1.165, 1.54) is 0 Å². The zero-order chi connectivity index (χ0) is 12.5. The molecule has 0 aliphatic heterocycles. The van der Waals surface area contributed by atoms with E-state index in [1.807, 2.05) is 49.4 Å². The number of hydrogen-bond acceptors (Lipinski definition) is 3. The molecule has 0 aromatic heterocycles. The fourth-order valence-electron chi connectivity index (χ4n) is 1.88. The quantitative estimate of drug-likeness (QED) is 0.773. The monoisotopic (exact) mass is 252 g/mol. The molecule has 1 aromatic rings. The lowest BCUT2D eigenvalue weighted by Gasteiger charge is -2.10. The van der Waals surface area contributed by atoms with E-state index in [0.29, 0.717) is 0 Å². The molecule has 0 bridgehead atoms. The summed E-state index contributed by atoms with van der Waals surface area (Å²) in [4.78, 5) is 0. The highest BCUT2D eigenvalue weighted by Gasteiger charge is 2.53. The first kappa shape index (κ1) is 12.3. The lowest BCUT2D eigenvalue weighted by Crippen LogP contribution is -2.18. The molecule has 1 aromatic carbocycles. The maximum Gasteiger partial charge on any atom is 0.265 e. The highest BCUT2D eigenvalue weighted by Crippen LogP contribution is 2.48. The average molecular weight is 252 g/mol. The average Bonchev–Trinajstić information content (AvgIpc) is 2.85. The summed E-state index contributed by atoms with van der Waals surface area (Å²) in [5.74, 6) is 0.247. The van der Waals surface area contributed by atoms with Crippen LogP contribution >= 0.6 is 0 Å². The lowest BCUT2D eigenvalue weighted by atomic mass is 10.1. The zero-order valence-corrected chi connectivity index (χ0v) is 10.8. The topological polar surface area (TPSA) is 43.4 Å². The fraction of sp³-hybridized carbons (Fsp3) is 0.385. The summed E-state index contributed by atoms with van der Waals surface area (Å²) in [6.07, 6.45) is 5.61. The van der Waals surface area contributed by atoms with Gasteiger partial charge >= 0.3 is 0 Å². The minimum absolute atomic E-state index is 0.247. The van der Waals surface area contributed by atoms with Gasteiger partial charge < -0.3 is 0 Å². The van der Waals surface area contributed by atoms with Crippen molar-refractivity contribution in [2.24, 2.45) is 5.92 Å². The standard InChI is InChI=1S/C13H16O3S/c1-11-10-13(11,16-17(2,14)15)9-8-12-6-4-3-5-7-12/h3-9,11H,10H2,1-2H3/b9-8-/t11-,13+/m0/s1. The molecular formula is C13H16O3S. The Hall–Kier alpha value is -1.13. The second-order valence-electron chi connectivity index (χ2n) is 4.59. The summed E-state index contributed by atoms with van der Waals surface area (Å²) in [5.41, 5.74) is 0.423. The highest BCUT2D eigenvalue weighted by molar-refractivity contribution is 7.86. The lowest BCUT2D eigenvalue weighted by molar-refractivity contribution is 0.224. The van der Waals surface area contributed by atoms with Crippen LogP contribution in [0.2, 0.25) is 0 Å². The minimum atomic E-state index is -3.41. The van der Waals surface area contributed by atoms with Crippen molar-refractivity contribution in [3.05, 3.63) is 42.0 Å². The van der Waals surface area contributed by atoms with Crippen LogP contribution < -0.4 is 0 Å². The molecule has 0 spiro atoms. The Morgan fingerprint density at radius 3 is 2.41 bits per heavy atom. The van der Waals surface area contributed by atoms with Crippen LogP contribution in [0, 0.1) is 5.92 Å². The molecule has 3 nitrogen and oxygen atoms in total. The number of rotatable bonds is 4. The first-order valence-electron chi connectivity index (χ1n) is 5.56. The minimum Gasteiger partial charge on any atom is -0.259 e. The summed E-state index contributed by atoms with van der Waals surface area (Å²) in [6.45, 7) is 1.99. The van der Waals surface area contributed by atoms with E-state index in [1.54, 1.807) is 0 Å². The van der Waals surface area contributed by atoms with Gasteiger partial charge in [0, 0.05) is 0 Å². The third-order valence-corrected chi connectivity index (χ3v) is 3.58. The third-order valence-electron chi connectivity index (χ3n) is 2.96. The van der Waals surface area contributed by atoms with Crippen molar-refractivity contribution < 1.29 is 12.6 Å². The number of hydrogen-bond donors (Lipinski definition) is 0. The molecular weight excluding hydrogens is 236 g/mol. The molecule has 0 heterocycles. The molecule has 1 fully saturated rings. The predicted octanol–water partition coefficient (Wildman–Crippen LogP) is 2.45. The summed E-state index contributed by atoms with van der Waals surface area (Å²) in [7, 11) is -3.41. The SMILES string of the molecule is C[C@H]1C[C@@]1(/C=C\c1ccccc1)OS(C)(=O)=O. The van der Waals surface area contributed by atoms with Crippen molar-refractivity contribution in [2.75, 3.05) is 6.26 Å². The van der Waals surface area contributed by atoms with Gasteiger partial charge in [0.05, 0.1) is 6.26 Å².